The molecule has 0 saturated carbocycles. The van der Waals surface area contributed by atoms with Gasteiger partial charge in [0.15, 0.2) is 0 Å². The van der Waals surface area contributed by atoms with E-state index in [-0.39, 0.29) is 11.8 Å². The number of fused-ring (bicyclic) bond motifs is 1. The van der Waals surface area contributed by atoms with Crippen LogP contribution in [0.15, 0.2) is 66.7 Å². The lowest BCUT2D eigenvalue weighted by Gasteiger charge is -2.36. The van der Waals surface area contributed by atoms with E-state index in [0.29, 0.717) is 12.0 Å². The standard InChI is InChI=1S/C25H27N3O2/c1-2-5-24(29)28-16-14-27(15-17-28)23-12-10-22(11-13-23)26-25(30)21-9-8-19-6-3-4-7-20(19)18-21/h3-4,6-13,18H,2,5,14-17H2,1H3,(H,26,30). The molecule has 1 N–H and O–H groups in total. The fraction of sp³-hybridized carbons (Fsp3) is 0.280. The molecular formula is C25H27N3O2. The van der Waals surface area contributed by atoms with Crippen molar-refractivity contribution in [2.45, 2.75) is 19.8 Å². The number of hydrogen-bond acceptors (Lipinski definition) is 3. The molecule has 0 atom stereocenters. The summed E-state index contributed by atoms with van der Waals surface area (Å²) in [7, 11) is 0. The van der Waals surface area contributed by atoms with Gasteiger partial charge in [-0.2, -0.15) is 0 Å². The molecule has 154 valence electrons. The topological polar surface area (TPSA) is 52.7 Å². The summed E-state index contributed by atoms with van der Waals surface area (Å²) < 4.78 is 0. The average Bonchev–Trinajstić information content (AvgIpc) is 2.79. The molecule has 4 rings (SSSR count). The van der Waals surface area contributed by atoms with Gasteiger partial charge in [-0.25, -0.2) is 0 Å². The van der Waals surface area contributed by atoms with Crippen molar-refractivity contribution in [1.29, 1.82) is 0 Å². The number of anilines is 2. The van der Waals surface area contributed by atoms with Gasteiger partial charge in [0.25, 0.3) is 5.91 Å². The fourth-order valence-corrected chi connectivity index (χ4v) is 3.88. The molecule has 30 heavy (non-hydrogen) atoms. The van der Waals surface area contributed by atoms with E-state index in [0.717, 1.165) is 54.7 Å². The first-order chi connectivity index (χ1) is 14.6. The number of amides is 2. The van der Waals surface area contributed by atoms with Crippen LogP contribution in [0.5, 0.6) is 0 Å². The van der Waals surface area contributed by atoms with E-state index in [1.807, 2.05) is 78.6 Å². The van der Waals surface area contributed by atoms with Crippen LogP contribution >= 0.6 is 0 Å². The summed E-state index contributed by atoms with van der Waals surface area (Å²) in [6, 6.07) is 21.7. The van der Waals surface area contributed by atoms with Crippen molar-refractivity contribution in [3.63, 3.8) is 0 Å². The van der Waals surface area contributed by atoms with E-state index in [1.165, 1.54) is 0 Å². The Hall–Kier alpha value is -3.34. The van der Waals surface area contributed by atoms with Crippen LogP contribution in [0, 0.1) is 0 Å². The molecule has 0 bridgehead atoms. The lowest BCUT2D eigenvalue weighted by atomic mass is 10.1. The Morgan fingerprint density at radius 2 is 1.57 bits per heavy atom. The quantitative estimate of drug-likeness (QED) is 0.683. The molecule has 3 aromatic carbocycles. The van der Waals surface area contributed by atoms with E-state index in [9.17, 15) is 9.59 Å². The summed E-state index contributed by atoms with van der Waals surface area (Å²) in [5, 5.41) is 5.15. The van der Waals surface area contributed by atoms with Crippen molar-refractivity contribution in [3.8, 4) is 0 Å². The average molecular weight is 402 g/mol. The molecule has 5 nitrogen and oxygen atoms in total. The van der Waals surface area contributed by atoms with Gasteiger partial charge >= 0.3 is 0 Å². The second kappa shape index (κ2) is 8.99. The van der Waals surface area contributed by atoms with Gasteiger partial charge in [0, 0.05) is 49.5 Å². The molecule has 1 fully saturated rings. The first-order valence-corrected chi connectivity index (χ1v) is 10.6. The van der Waals surface area contributed by atoms with E-state index < -0.39 is 0 Å². The SMILES string of the molecule is CCCC(=O)N1CCN(c2ccc(NC(=O)c3ccc4ccccc4c3)cc2)CC1. The van der Waals surface area contributed by atoms with Crippen molar-refractivity contribution in [2.75, 3.05) is 36.4 Å². The molecular weight excluding hydrogens is 374 g/mol. The summed E-state index contributed by atoms with van der Waals surface area (Å²) in [6.07, 6.45) is 1.52. The van der Waals surface area contributed by atoms with Crippen molar-refractivity contribution < 1.29 is 9.59 Å². The van der Waals surface area contributed by atoms with Gasteiger partial charge < -0.3 is 15.1 Å². The van der Waals surface area contributed by atoms with Gasteiger partial charge in [0.2, 0.25) is 5.91 Å². The number of hydrogen-bond donors (Lipinski definition) is 1. The van der Waals surface area contributed by atoms with E-state index >= 15 is 0 Å². The molecule has 1 heterocycles. The van der Waals surface area contributed by atoms with Crippen LogP contribution in [0.2, 0.25) is 0 Å². The third kappa shape index (κ3) is 4.46. The molecule has 1 saturated heterocycles. The lowest BCUT2D eigenvalue weighted by molar-refractivity contribution is -0.131. The van der Waals surface area contributed by atoms with Crippen molar-refractivity contribution in [3.05, 3.63) is 72.3 Å². The second-order valence-corrected chi connectivity index (χ2v) is 7.68. The highest BCUT2D eigenvalue weighted by Gasteiger charge is 2.20. The minimum absolute atomic E-state index is 0.114. The Morgan fingerprint density at radius 1 is 0.867 bits per heavy atom. The van der Waals surface area contributed by atoms with Gasteiger partial charge in [-0.3, -0.25) is 9.59 Å². The summed E-state index contributed by atoms with van der Waals surface area (Å²) in [4.78, 5) is 28.9. The molecule has 1 aliphatic heterocycles. The van der Waals surface area contributed by atoms with Crippen molar-refractivity contribution in [1.82, 2.24) is 4.90 Å². The lowest BCUT2D eigenvalue weighted by Crippen LogP contribution is -2.48. The normalized spacial score (nSPS) is 14.0. The molecule has 1 aliphatic rings. The third-order valence-electron chi connectivity index (χ3n) is 5.60. The van der Waals surface area contributed by atoms with E-state index in [2.05, 4.69) is 10.2 Å². The van der Waals surface area contributed by atoms with Gasteiger partial charge in [-0.15, -0.1) is 0 Å². The van der Waals surface area contributed by atoms with Crippen LogP contribution < -0.4 is 10.2 Å². The van der Waals surface area contributed by atoms with E-state index in [1.54, 1.807) is 0 Å². The molecule has 0 spiro atoms. The Kier molecular flexibility index (Phi) is 5.98. The number of carbonyl (C=O) groups is 2. The van der Waals surface area contributed by atoms with Gasteiger partial charge in [-0.1, -0.05) is 37.3 Å². The fourth-order valence-electron chi connectivity index (χ4n) is 3.88. The Bertz CT molecular complexity index is 1040. The highest BCUT2D eigenvalue weighted by molar-refractivity contribution is 6.06. The first kappa shape index (κ1) is 20.0. The molecule has 2 amide bonds. The zero-order valence-electron chi connectivity index (χ0n) is 17.3. The maximum atomic E-state index is 12.6. The summed E-state index contributed by atoms with van der Waals surface area (Å²) in [5.74, 6) is 0.139. The van der Waals surface area contributed by atoms with Crippen LogP contribution in [0.3, 0.4) is 0 Å². The Balaban J connectivity index is 1.36. The predicted octanol–water partition coefficient (Wildman–Crippen LogP) is 4.54. The molecule has 0 radical (unpaired) electrons. The maximum Gasteiger partial charge on any atom is 0.255 e. The highest BCUT2D eigenvalue weighted by atomic mass is 16.2. The monoisotopic (exact) mass is 401 g/mol. The number of rotatable bonds is 5. The Morgan fingerprint density at radius 3 is 2.27 bits per heavy atom. The number of nitrogens with one attached hydrogen (secondary N) is 1. The van der Waals surface area contributed by atoms with Crippen molar-refractivity contribution in [2.24, 2.45) is 0 Å². The number of piperazine rings is 1. The predicted molar refractivity (Wildman–Crippen MR) is 122 cm³/mol. The second-order valence-electron chi connectivity index (χ2n) is 7.68. The smallest absolute Gasteiger partial charge is 0.255 e. The Labute approximate surface area is 177 Å². The summed E-state index contributed by atoms with van der Waals surface area (Å²) in [6.45, 7) is 5.23. The van der Waals surface area contributed by atoms with Gasteiger partial charge in [0.1, 0.15) is 0 Å². The maximum absolute atomic E-state index is 12.6. The zero-order chi connectivity index (χ0) is 20.9. The summed E-state index contributed by atoms with van der Waals surface area (Å²) >= 11 is 0. The number of carbonyl (C=O) groups excluding carboxylic acids is 2. The van der Waals surface area contributed by atoms with Crippen LogP contribution in [-0.4, -0.2) is 42.9 Å². The van der Waals surface area contributed by atoms with Crippen molar-refractivity contribution >= 4 is 34.0 Å². The minimum atomic E-state index is -0.114. The molecule has 5 heteroatoms. The highest BCUT2D eigenvalue weighted by Crippen LogP contribution is 2.21. The first-order valence-electron chi connectivity index (χ1n) is 10.6. The van der Waals surface area contributed by atoms with E-state index in [4.69, 9.17) is 0 Å². The van der Waals surface area contributed by atoms with Crippen LogP contribution in [0.1, 0.15) is 30.1 Å². The van der Waals surface area contributed by atoms with Gasteiger partial charge in [-0.05, 0) is 53.6 Å². The molecule has 3 aromatic rings. The number of benzene rings is 3. The van der Waals surface area contributed by atoms with Crippen LogP contribution in [0.25, 0.3) is 10.8 Å². The van der Waals surface area contributed by atoms with Gasteiger partial charge in [0.05, 0.1) is 0 Å². The third-order valence-corrected chi connectivity index (χ3v) is 5.60. The molecule has 0 unspecified atom stereocenters. The van der Waals surface area contributed by atoms with Crippen LogP contribution in [-0.2, 0) is 4.79 Å². The zero-order valence-corrected chi connectivity index (χ0v) is 17.3. The minimum Gasteiger partial charge on any atom is -0.368 e. The largest absolute Gasteiger partial charge is 0.368 e. The molecule has 0 aliphatic carbocycles. The summed E-state index contributed by atoms with van der Waals surface area (Å²) in [5.41, 5.74) is 2.53. The molecule has 0 aromatic heterocycles. The number of nitrogens with zero attached hydrogens (tertiary/aromatic N) is 2. The van der Waals surface area contributed by atoms with Crippen LogP contribution in [0.4, 0.5) is 11.4 Å².